The minimum Gasteiger partial charge on any atom is -0.451 e. The molecule has 2 aromatic carbocycles. The number of ether oxygens (including phenoxy) is 1. The number of hydrogen-bond acceptors (Lipinski definition) is 6. The molecular formula is C19H15N3O5. The number of fused-ring (bicyclic) bond motifs is 1. The number of hydrogen-bond donors (Lipinski definition) is 1. The number of oxazole rings is 1. The molecule has 0 aliphatic rings. The molecule has 0 bridgehead atoms. The predicted octanol–water partition coefficient (Wildman–Crippen LogP) is 2.04. The number of nitrogens with zero attached hydrogens (tertiary/aromatic N) is 2. The lowest BCUT2D eigenvalue weighted by atomic mass is 10.2. The maximum absolute atomic E-state index is 12.2. The van der Waals surface area contributed by atoms with E-state index in [1.165, 1.54) is 6.92 Å². The number of esters is 1. The number of rotatable bonds is 5. The van der Waals surface area contributed by atoms with Crippen molar-refractivity contribution in [1.82, 2.24) is 4.57 Å². The fraction of sp³-hybridized carbons (Fsp3) is 0.158. The standard InChI is InChI=1S/C19H15N3O5/c1-12(18(24)21-14-7-3-2-6-13(14)10-20)26-17(23)11-22-15-8-4-5-9-16(15)27-19(22)25/h2-9,12H,11H2,1H3,(H,21,24). The van der Waals surface area contributed by atoms with E-state index in [0.29, 0.717) is 22.4 Å². The average Bonchev–Trinajstić information content (AvgIpc) is 2.97. The van der Waals surface area contributed by atoms with Gasteiger partial charge in [-0.2, -0.15) is 5.26 Å². The molecule has 1 N–H and O–H groups in total. The van der Waals surface area contributed by atoms with E-state index in [2.05, 4.69) is 5.32 Å². The van der Waals surface area contributed by atoms with Gasteiger partial charge in [-0.3, -0.25) is 14.2 Å². The Morgan fingerprint density at radius 2 is 1.93 bits per heavy atom. The minimum absolute atomic E-state index is 0.292. The van der Waals surface area contributed by atoms with Crippen LogP contribution in [0.3, 0.4) is 0 Å². The van der Waals surface area contributed by atoms with Gasteiger partial charge >= 0.3 is 11.7 Å². The smallest absolute Gasteiger partial charge is 0.420 e. The van der Waals surface area contributed by atoms with Gasteiger partial charge in [-0.05, 0) is 31.2 Å². The summed E-state index contributed by atoms with van der Waals surface area (Å²) in [6.07, 6.45) is -1.11. The molecule has 27 heavy (non-hydrogen) atoms. The van der Waals surface area contributed by atoms with E-state index in [-0.39, 0.29) is 6.54 Å². The first kappa shape index (κ1) is 17.9. The number of nitrogens with one attached hydrogen (secondary N) is 1. The first-order valence-corrected chi connectivity index (χ1v) is 8.07. The summed E-state index contributed by atoms with van der Waals surface area (Å²) in [5.74, 6) is -2.04. The van der Waals surface area contributed by atoms with Crippen LogP contribution >= 0.6 is 0 Å². The first-order chi connectivity index (χ1) is 13.0. The largest absolute Gasteiger partial charge is 0.451 e. The van der Waals surface area contributed by atoms with Gasteiger partial charge in [0.05, 0.1) is 16.8 Å². The zero-order chi connectivity index (χ0) is 19.4. The summed E-state index contributed by atoms with van der Waals surface area (Å²) >= 11 is 0. The molecule has 0 radical (unpaired) electrons. The Bertz CT molecular complexity index is 1110. The minimum atomic E-state index is -1.11. The Balaban J connectivity index is 1.67. The molecule has 0 spiro atoms. The second-order valence-electron chi connectivity index (χ2n) is 5.70. The van der Waals surface area contributed by atoms with E-state index in [0.717, 1.165) is 4.57 Å². The van der Waals surface area contributed by atoms with Gasteiger partial charge < -0.3 is 14.5 Å². The molecule has 1 unspecified atom stereocenters. The van der Waals surface area contributed by atoms with Crippen molar-refractivity contribution in [1.29, 1.82) is 5.26 Å². The van der Waals surface area contributed by atoms with Gasteiger partial charge in [0, 0.05) is 0 Å². The molecule has 1 aromatic heterocycles. The summed E-state index contributed by atoms with van der Waals surface area (Å²) in [7, 11) is 0. The maximum Gasteiger partial charge on any atom is 0.420 e. The molecule has 0 aliphatic heterocycles. The molecular weight excluding hydrogens is 350 g/mol. The van der Waals surface area contributed by atoms with E-state index < -0.39 is 23.7 Å². The molecule has 1 atom stereocenters. The molecule has 0 aliphatic carbocycles. The second kappa shape index (κ2) is 7.58. The van der Waals surface area contributed by atoms with Crippen LogP contribution in [0.5, 0.6) is 0 Å². The molecule has 8 heteroatoms. The zero-order valence-electron chi connectivity index (χ0n) is 14.3. The number of carbonyl (C=O) groups is 2. The van der Waals surface area contributed by atoms with Crippen LogP contribution in [0.4, 0.5) is 5.69 Å². The molecule has 136 valence electrons. The number of anilines is 1. The number of nitriles is 1. The van der Waals surface area contributed by atoms with E-state index in [9.17, 15) is 14.4 Å². The van der Waals surface area contributed by atoms with Gasteiger partial charge in [-0.1, -0.05) is 24.3 Å². The van der Waals surface area contributed by atoms with Crippen molar-refractivity contribution in [2.45, 2.75) is 19.6 Å². The van der Waals surface area contributed by atoms with Crippen molar-refractivity contribution in [3.05, 3.63) is 64.6 Å². The van der Waals surface area contributed by atoms with Gasteiger partial charge in [0.25, 0.3) is 5.91 Å². The van der Waals surface area contributed by atoms with Gasteiger partial charge in [-0.15, -0.1) is 0 Å². The predicted molar refractivity (Wildman–Crippen MR) is 95.8 cm³/mol. The molecule has 0 saturated carbocycles. The third-order valence-corrected chi connectivity index (χ3v) is 3.84. The Morgan fingerprint density at radius 1 is 1.22 bits per heavy atom. The molecule has 1 amide bonds. The van der Waals surface area contributed by atoms with Gasteiger partial charge in [0.15, 0.2) is 11.7 Å². The summed E-state index contributed by atoms with van der Waals surface area (Å²) in [6, 6.07) is 15.1. The quantitative estimate of drug-likeness (QED) is 0.692. The number of para-hydroxylation sites is 3. The molecule has 3 rings (SSSR count). The number of aromatic nitrogens is 1. The second-order valence-corrected chi connectivity index (χ2v) is 5.70. The highest BCUT2D eigenvalue weighted by atomic mass is 16.5. The Hall–Kier alpha value is -3.86. The van der Waals surface area contributed by atoms with Gasteiger partial charge in [0.2, 0.25) is 0 Å². The van der Waals surface area contributed by atoms with Crippen LogP contribution in [0.1, 0.15) is 12.5 Å². The molecule has 3 aromatic rings. The number of amides is 1. The van der Waals surface area contributed by atoms with E-state index in [4.69, 9.17) is 14.4 Å². The lowest BCUT2D eigenvalue weighted by Gasteiger charge is -2.14. The van der Waals surface area contributed by atoms with Crippen LogP contribution in [0.25, 0.3) is 11.1 Å². The highest BCUT2D eigenvalue weighted by molar-refractivity contribution is 5.96. The SMILES string of the molecule is CC(OC(=O)Cn1c(=O)oc2ccccc21)C(=O)Nc1ccccc1C#N. The molecule has 8 nitrogen and oxygen atoms in total. The fourth-order valence-electron chi connectivity index (χ4n) is 2.50. The fourth-order valence-corrected chi connectivity index (χ4v) is 2.50. The molecule has 0 saturated heterocycles. The monoisotopic (exact) mass is 365 g/mol. The number of carbonyl (C=O) groups excluding carboxylic acids is 2. The first-order valence-electron chi connectivity index (χ1n) is 8.07. The Kier molecular flexibility index (Phi) is 5.04. The van der Waals surface area contributed by atoms with E-state index >= 15 is 0 Å². The zero-order valence-corrected chi connectivity index (χ0v) is 14.3. The van der Waals surface area contributed by atoms with Crippen LogP contribution in [0.2, 0.25) is 0 Å². The van der Waals surface area contributed by atoms with E-state index in [1.54, 1.807) is 48.5 Å². The Labute approximate surface area is 153 Å². The van der Waals surface area contributed by atoms with Crippen molar-refractivity contribution < 1.29 is 18.7 Å². The highest BCUT2D eigenvalue weighted by Gasteiger charge is 2.20. The van der Waals surface area contributed by atoms with Crippen molar-refractivity contribution in [2.24, 2.45) is 0 Å². The lowest BCUT2D eigenvalue weighted by Crippen LogP contribution is -2.32. The van der Waals surface area contributed by atoms with Crippen LogP contribution in [0.15, 0.2) is 57.7 Å². The maximum atomic E-state index is 12.2. The third kappa shape index (κ3) is 3.88. The van der Waals surface area contributed by atoms with Crippen molar-refractivity contribution in [3.63, 3.8) is 0 Å². The summed E-state index contributed by atoms with van der Waals surface area (Å²) in [5, 5.41) is 11.6. The van der Waals surface area contributed by atoms with Crippen molar-refractivity contribution in [2.75, 3.05) is 5.32 Å². The summed E-state index contributed by atoms with van der Waals surface area (Å²) in [5.41, 5.74) is 1.43. The molecule has 0 fully saturated rings. The third-order valence-electron chi connectivity index (χ3n) is 3.84. The van der Waals surface area contributed by atoms with Crippen molar-refractivity contribution in [3.8, 4) is 6.07 Å². The van der Waals surface area contributed by atoms with Crippen LogP contribution < -0.4 is 11.1 Å². The van der Waals surface area contributed by atoms with Gasteiger partial charge in [0.1, 0.15) is 12.6 Å². The topological polar surface area (TPSA) is 114 Å². The lowest BCUT2D eigenvalue weighted by molar-refractivity contribution is -0.153. The van der Waals surface area contributed by atoms with Gasteiger partial charge in [-0.25, -0.2) is 4.79 Å². The Morgan fingerprint density at radius 3 is 2.70 bits per heavy atom. The summed E-state index contributed by atoms with van der Waals surface area (Å²) in [6.45, 7) is 1.01. The van der Waals surface area contributed by atoms with Crippen LogP contribution in [-0.4, -0.2) is 22.5 Å². The highest BCUT2D eigenvalue weighted by Crippen LogP contribution is 2.15. The van der Waals surface area contributed by atoms with Crippen LogP contribution in [0, 0.1) is 11.3 Å². The summed E-state index contributed by atoms with van der Waals surface area (Å²) < 4.78 is 11.3. The van der Waals surface area contributed by atoms with Crippen molar-refractivity contribution >= 4 is 28.7 Å². The average molecular weight is 365 g/mol. The van der Waals surface area contributed by atoms with E-state index in [1.807, 2.05) is 6.07 Å². The number of benzene rings is 2. The van der Waals surface area contributed by atoms with Crippen LogP contribution in [-0.2, 0) is 20.9 Å². The normalized spacial score (nSPS) is 11.6. The summed E-state index contributed by atoms with van der Waals surface area (Å²) in [4.78, 5) is 36.2. The molecule has 1 heterocycles.